The van der Waals surface area contributed by atoms with E-state index in [2.05, 4.69) is 21.8 Å². The van der Waals surface area contributed by atoms with Gasteiger partial charge in [0.1, 0.15) is 5.82 Å². The van der Waals surface area contributed by atoms with E-state index in [1.165, 1.54) is 0 Å². The number of rotatable bonds is 6. The molecule has 8 heteroatoms. The molecule has 1 aromatic heterocycles. The Kier molecular flexibility index (Phi) is 5.40. The second kappa shape index (κ2) is 7.10. The molecule has 1 unspecified atom stereocenters. The van der Waals surface area contributed by atoms with Crippen LogP contribution in [0.3, 0.4) is 0 Å². The highest BCUT2D eigenvalue weighted by molar-refractivity contribution is 7.86. The van der Waals surface area contributed by atoms with Crippen molar-refractivity contribution in [1.29, 1.82) is 0 Å². The number of nitrogens with zero attached hydrogens (tertiary/aromatic N) is 3. The summed E-state index contributed by atoms with van der Waals surface area (Å²) in [7, 11) is -1.10. The summed E-state index contributed by atoms with van der Waals surface area (Å²) in [6.45, 7) is 7.63. The Bertz CT molecular complexity index is 661. The van der Waals surface area contributed by atoms with Gasteiger partial charge >= 0.3 is 0 Å². The van der Waals surface area contributed by atoms with E-state index in [1.54, 1.807) is 13.8 Å². The zero-order valence-corrected chi connectivity index (χ0v) is 16.6. The molecule has 0 radical (unpaired) electrons. The van der Waals surface area contributed by atoms with Gasteiger partial charge in [-0.1, -0.05) is 0 Å². The molecule has 6 nitrogen and oxygen atoms in total. The molecule has 0 spiro atoms. The third kappa shape index (κ3) is 4.32. The van der Waals surface area contributed by atoms with Gasteiger partial charge in [-0.15, -0.1) is 0 Å². The Balaban J connectivity index is 1.83. The van der Waals surface area contributed by atoms with Gasteiger partial charge in [0.25, 0.3) is 0 Å². The number of hydrogen-bond acceptors (Lipinski definition) is 6. The first-order valence-electron chi connectivity index (χ1n) is 8.72. The maximum atomic E-state index is 12.9. The molecule has 1 N–H and O–H groups in total. The summed E-state index contributed by atoms with van der Waals surface area (Å²) in [6.07, 6.45) is 2.15. The highest BCUT2D eigenvalue weighted by atomic mass is 35.5. The molecule has 1 aromatic rings. The molecule has 1 aliphatic carbocycles. The molecule has 25 heavy (non-hydrogen) atoms. The monoisotopic (exact) mass is 387 g/mol. The van der Waals surface area contributed by atoms with Crippen molar-refractivity contribution < 1.29 is 14.1 Å². The average Bonchev–Trinajstić information content (AvgIpc) is 3.33. The number of aromatic nitrogens is 2. The molecule has 1 saturated carbocycles. The minimum Gasteiger partial charge on any atom is -0.390 e. The van der Waals surface area contributed by atoms with Crippen molar-refractivity contribution in [2.75, 3.05) is 30.4 Å². The Labute approximate surface area is 156 Å². The molecule has 140 valence electrons. The van der Waals surface area contributed by atoms with Gasteiger partial charge in [-0.3, -0.25) is 4.21 Å². The third-order valence-corrected chi connectivity index (χ3v) is 7.09. The summed E-state index contributed by atoms with van der Waals surface area (Å²) in [4.78, 5) is 10.9. The van der Waals surface area contributed by atoms with Crippen LogP contribution in [-0.4, -0.2) is 56.4 Å². The van der Waals surface area contributed by atoms with Crippen molar-refractivity contribution in [2.24, 2.45) is 0 Å². The Morgan fingerprint density at radius 2 is 2.20 bits per heavy atom. The van der Waals surface area contributed by atoms with Crippen LogP contribution in [0.4, 0.5) is 5.82 Å². The van der Waals surface area contributed by atoms with Gasteiger partial charge in [-0.2, -0.15) is 0 Å². The quantitative estimate of drug-likeness (QED) is 0.754. The fraction of sp³-hybridized carbons (Fsp3) is 0.765. The topological polar surface area (TPSA) is 75.5 Å². The largest absolute Gasteiger partial charge is 0.390 e. The van der Waals surface area contributed by atoms with E-state index >= 15 is 0 Å². The zero-order chi connectivity index (χ0) is 18.2. The van der Waals surface area contributed by atoms with Crippen LogP contribution in [0.5, 0.6) is 0 Å². The van der Waals surface area contributed by atoms with E-state index in [0.29, 0.717) is 25.4 Å². The van der Waals surface area contributed by atoms with Crippen LogP contribution in [0.1, 0.15) is 45.7 Å². The zero-order valence-electron chi connectivity index (χ0n) is 15.0. The molecule has 0 bridgehead atoms. The smallest absolute Gasteiger partial charge is 0.224 e. The van der Waals surface area contributed by atoms with Crippen molar-refractivity contribution in [2.45, 2.75) is 56.4 Å². The minimum atomic E-state index is -1.10. The second-order valence-electron chi connectivity index (χ2n) is 7.60. The van der Waals surface area contributed by atoms with Gasteiger partial charge in [0.05, 0.1) is 35.3 Å². The van der Waals surface area contributed by atoms with Gasteiger partial charge in [-0.25, -0.2) is 9.97 Å². The van der Waals surface area contributed by atoms with Gasteiger partial charge < -0.3 is 14.7 Å². The summed E-state index contributed by atoms with van der Waals surface area (Å²) in [5, 5.41) is 10.1. The lowest BCUT2D eigenvalue weighted by molar-refractivity contribution is 0.0774. The van der Waals surface area contributed by atoms with Crippen LogP contribution in [0.25, 0.3) is 0 Å². The lowest BCUT2D eigenvalue weighted by atomic mass is 10.1. The molecule has 1 aliphatic heterocycles. The first-order valence-corrected chi connectivity index (χ1v) is 10.4. The maximum absolute atomic E-state index is 12.9. The Hall–Kier alpha value is -0.760. The van der Waals surface area contributed by atoms with Crippen molar-refractivity contribution in [1.82, 2.24) is 9.97 Å². The van der Waals surface area contributed by atoms with Gasteiger partial charge in [0.15, 0.2) is 0 Å². The summed E-state index contributed by atoms with van der Waals surface area (Å²) in [5.74, 6) is 1.23. The average molecular weight is 388 g/mol. The molecule has 3 rings (SSSR count). The minimum absolute atomic E-state index is 0.192. The summed E-state index contributed by atoms with van der Waals surface area (Å²) < 4.78 is 17.9. The molecule has 2 heterocycles. The first-order chi connectivity index (χ1) is 11.7. The number of morpholine rings is 1. The van der Waals surface area contributed by atoms with Crippen LogP contribution < -0.4 is 4.90 Å². The number of hydrogen-bond donors (Lipinski definition) is 1. The van der Waals surface area contributed by atoms with Gasteiger partial charge in [-0.05, 0) is 51.6 Å². The lowest BCUT2D eigenvalue weighted by Gasteiger charge is -2.34. The molecular formula is C17H26ClN3O3S. The van der Waals surface area contributed by atoms with Gasteiger partial charge in [0.2, 0.25) is 5.28 Å². The van der Waals surface area contributed by atoms with Crippen LogP contribution in [-0.2, 0) is 20.3 Å². The molecule has 2 atom stereocenters. The molecule has 0 aromatic carbocycles. The fourth-order valence-electron chi connectivity index (χ4n) is 3.11. The number of aliphatic hydroxyl groups is 1. The van der Waals surface area contributed by atoms with E-state index in [0.717, 1.165) is 30.9 Å². The SMILES string of the molecule is C[C@H]1COCCN1c1cc(C2(S(=O)CCC(C)(C)O)CC2)nc(Cl)n1. The number of anilines is 1. The van der Waals surface area contributed by atoms with E-state index in [4.69, 9.17) is 16.3 Å². The molecule has 0 amide bonds. The second-order valence-corrected chi connectivity index (χ2v) is 9.82. The molecule has 2 aliphatic rings. The van der Waals surface area contributed by atoms with E-state index in [9.17, 15) is 9.32 Å². The molecule has 2 fully saturated rings. The predicted octanol–water partition coefficient (Wildman–Crippen LogP) is 2.25. The summed E-state index contributed by atoms with van der Waals surface area (Å²) in [6, 6.07) is 2.14. The van der Waals surface area contributed by atoms with Crippen molar-refractivity contribution in [3.8, 4) is 0 Å². The normalized spacial score (nSPS) is 24.2. The number of ether oxygens (including phenoxy) is 1. The van der Waals surface area contributed by atoms with Crippen molar-refractivity contribution >= 4 is 28.2 Å². The standard InChI is InChI=1S/C17H26ClN3O3S/c1-12-11-24-8-7-21(12)14-10-13(19-15(18)20-14)17(4-5-17)25(23)9-6-16(2,3)22/h10,12,22H,4-9,11H2,1-3H3/t12-,25?/m0/s1. The van der Waals surface area contributed by atoms with E-state index < -0.39 is 21.1 Å². The summed E-state index contributed by atoms with van der Waals surface area (Å²) >= 11 is 6.19. The van der Waals surface area contributed by atoms with Crippen molar-refractivity contribution in [3.63, 3.8) is 0 Å². The third-order valence-electron chi connectivity index (χ3n) is 4.85. The lowest BCUT2D eigenvalue weighted by Crippen LogP contribution is -2.44. The van der Waals surface area contributed by atoms with E-state index in [-0.39, 0.29) is 11.3 Å². The van der Waals surface area contributed by atoms with Crippen LogP contribution in [0.2, 0.25) is 5.28 Å². The Morgan fingerprint density at radius 1 is 1.48 bits per heavy atom. The molecular weight excluding hydrogens is 362 g/mol. The maximum Gasteiger partial charge on any atom is 0.224 e. The van der Waals surface area contributed by atoms with Crippen LogP contribution in [0, 0.1) is 0 Å². The van der Waals surface area contributed by atoms with E-state index in [1.807, 2.05) is 6.07 Å². The predicted molar refractivity (Wildman–Crippen MR) is 99.5 cm³/mol. The molecule has 1 saturated heterocycles. The van der Waals surface area contributed by atoms with Crippen LogP contribution in [0.15, 0.2) is 6.07 Å². The Morgan fingerprint density at radius 3 is 2.80 bits per heavy atom. The summed E-state index contributed by atoms with van der Waals surface area (Å²) in [5.41, 5.74) is -0.0565. The van der Waals surface area contributed by atoms with Gasteiger partial charge in [0, 0.05) is 29.2 Å². The highest BCUT2D eigenvalue weighted by Gasteiger charge is 2.51. The number of halogens is 1. The fourth-order valence-corrected chi connectivity index (χ4v) is 5.25. The highest BCUT2D eigenvalue weighted by Crippen LogP contribution is 2.51. The first kappa shape index (κ1) is 19.0. The van der Waals surface area contributed by atoms with Crippen molar-refractivity contribution in [3.05, 3.63) is 17.0 Å². The van der Waals surface area contributed by atoms with Crippen LogP contribution >= 0.6 is 11.6 Å².